The molecule has 0 saturated heterocycles. The van der Waals surface area contributed by atoms with Crippen LogP contribution in [-0.2, 0) is 18.3 Å². The van der Waals surface area contributed by atoms with E-state index in [1.807, 2.05) is 18.2 Å². The van der Waals surface area contributed by atoms with Crippen molar-refractivity contribution in [3.63, 3.8) is 0 Å². The number of carbonyl (C=O) groups excluding carboxylic acids is 1. The minimum atomic E-state index is -0.303. The summed E-state index contributed by atoms with van der Waals surface area (Å²) < 4.78 is 2.15. The standard InChI is InChI=1S/C13H15N3O/c1-16-11-5-2-8(7-12(14)17)6-10(11)15-13(16)9-3-4-9/h2,5-6,9H,3-4,7H2,1H3,(H2,14,17). The summed E-state index contributed by atoms with van der Waals surface area (Å²) >= 11 is 0. The van der Waals surface area contributed by atoms with Gasteiger partial charge >= 0.3 is 0 Å². The number of primary amides is 1. The van der Waals surface area contributed by atoms with Gasteiger partial charge in [0.25, 0.3) is 0 Å². The van der Waals surface area contributed by atoms with Gasteiger partial charge in [0, 0.05) is 13.0 Å². The normalized spacial score (nSPS) is 15.4. The Kier molecular flexibility index (Phi) is 2.18. The quantitative estimate of drug-likeness (QED) is 0.866. The Morgan fingerprint density at radius 2 is 2.29 bits per heavy atom. The second-order valence-corrected chi connectivity index (χ2v) is 4.77. The minimum Gasteiger partial charge on any atom is -0.369 e. The van der Waals surface area contributed by atoms with Crippen LogP contribution in [0, 0.1) is 0 Å². The molecule has 1 aliphatic carbocycles. The van der Waals surface area contributed by atoms with Crippen LogP contribution in [0.15, 0.2) is 18.2 Å². The molecule has 1 aliphatic rings. The number of amides is 1. The zero-order chi connectivity index (χ0) is 12.0. The molecular weight excluding hydrogens is 214 g/mol. The van der Waals surface area contributed by atoms with Crippen molar-refractivity contribution in [2.24, 2.45) is 12.8 Å². The summed E-state index contributed by atoms with van der Waals surface area (Å²) in [5.41, 5.74) is 8.22. The summed E-state index contributed by atoms with van der Waals surface area (Å²) in [6, 6.07) is 5.93. The van der Waals surface area contributed by atoms with E-state index in [1.54, 1.807) is 0 Å². The maximum Gasteiger partial charge on any atom is 0.221 e. The highest BCUT2D eigenvalue weighted by molar-refractivity contribution is 5.81. The predicted molar refractivity (Wildman–Crippen MR) is 65.6 cm³/mol. The lowest BCUT2D eigenvalue weighted by molar-refractivity contribution is -0.117. The molecule has 0 unspecified atom stereocenters. The molecule has 17 heavy (non-hydrogen) atoms. The molecule has 1 aromatic heterocycles. The van der Waals surface area contributed by atoms with E-state index in [0.717, 1.165) is 22.4 Å². The van der Waals surface area contributed by atoms with E-state index in [-0.39, 0.29) is 12.3 Å². The van der Waals surface area contributed by atoms with Crippen LogP contribution < -0.4 is 5.73 Å². The van der Waals surface area contributed by atoms with Crippen molar-refractivity contribution in [3.8, 4) is 0 Å². The van der Waals surface area contributed by atoms with Gasteiger partial charge in [-0.15, -0.1) is 0 Å². The zero-order valence-corrected chi connectivity index (χ0v) is 9.81. The van der Waals surface area contributed by atoms with Crippen molar-refractivity contribution in [2.75, 3.05) is 0 Å². The van der Waals surface area contributed by atoms with Gasteiger partial charge in [0.15, 0.2) is 0 Å². The first-order chi connectivity index (χ1) is 8.15. The smallest absolute Gasteiger partial charge is 0.221 e. The van der Waals surface area contributed by atoms with Gasteiger partial charge < -0.3 is 10.3 Å². The van der Waals surface area contributed by atoms with Gasteiger partial charge in [-0.1, -0.05) is 6.07 Å². The van der Waals surface area contributed by atoms with Gasteiger partial charge in [-0.2, -0.15) is 0 Å². The van der Waals surface area contributed by atoms with Crippen molar-refractivity contribution in [2.45, 2.75) is 25.2 Å². The summed E-state index contributed by atoms with van der Waals surface area (Å²) in [7, 11) is 2.05. The highest BCUT2D eigenvalue weighted by Gasteiger charge is 2.28. The van der Waals surface area contributed by atoms with E-state index in [1.165, 1.54) is 12.8 Å². The SMILES string of the molecule is Cn1c(C2CC2)nc2cc(CC(N)=O)ccc21. The molecule has 1 fully saturated rings. The number of nitrogens with two attached hydrogens (primary N) is 1. The number of rotatable bonds is 3. The van der Waals surface area contributed by atoms with Crippen LogP contribution in [0.1, 0.15) is 30.1 Å². The number of imidazole rings is 1. The fourth-order valence-corrected chi connectivity index (χ4v) is 2.28. The number of aryl methyl sites for hydroxylation is 1. The fourth-order valence-electron chi connectivity index (χ4n) is 2.28. The van der Waals surface area contributed by atoms with Gasteiger partial charge in [0.1, 0.15) is 5.82 Å². The van der Waals surface area contributed by atoms with Gasteiger partial charge in [0.2, 0.25) is 5.91 Å². The van der Waals surface area contributed by atoms with E-state index >= 15 is 0 Å². The number of benzene rings is 1. The first kappa shape index (κ1) is 10.3. The van der Waals surface area contributed by atoms with E-state index < -0.39 is 0 Å². The number of hydrogen-bond acceptors (Lipinski definition) is 2. The van der Waals surface area contributed by atoms with Crippen molar-refractivity contribution >= 4 is 16.9 Å². The third kappa shape index (κ3) is 1.79. The van der Waals surface area contributed by atoms with Gasteiger partial charge in [0.05, 0.1) is 17.5 Å². The molecule has 0 spiro atoms. The Bertz CT molecular complexity index is 596. The molecule has 1 heterocycles. The first-order valence-electron chi connectivity index (χ1n) is 5.88. The van der Waals surface area contributed by atoms with Crippen molar-refractivity contribution in [1.29, 1.82) is 0 Å². The Morgan fingerprint density at radius 1 is 1.53 bits per heavy atom. The van der Waals surface area contributed by atoms with E-state index in [9.17, 15) is 4.79 Å². The first-order valence-corrected chi connectivity index (χ1v) is 5.88. The van der Waals surface area contributed by atoms with Gasteiger partial charge in [-0.25, -0.2) is 4.98 Å². The monoisotopic (exact) mass is 229 g/mol. The third-order valence-electron chi connectivity index (χ3n) is 3.30. The molecule has 1 saturated carbocycles. The van der Waals surface area contributed by atoms with E-state index in [4.69, 9.17) is 5.73 Å². The molecule has 4 nitrogen and oxygen atoms in total. The average molecular weight is 229 g/mol. The highest BCUT2D eigenvalue weighted by Crippen LogP contribution is 2.40. The molecule has 4 heteroatoms. The number of aromatic nitrogens is 2. The summed E-state index contributed by atoms with van der Waals surface area (Å²) in [6.07, 6.45) is 2.77. The molecular formula is C13H15N3O. The third-order valence-corrected chi connectivity index (χ3v) is 3.30. The zero-order valence-electron chi connectivity index (χ0n) is 9.81. The van der Waals surface area contributed by atoms with Crippen LogP contribution >= 0.6 is 0 Å². The van der Waals surface area contributed by atoms with Crippen molar-refractivity contribution < 1.29 is 4.79 Å². The number of nitrogens with zero attached hydrogens (tertiary/aromatic N) is 2. The lowest BCUT2D eigenvalue weighted by atomic mass is 10.1. The summed E-state index contributed by atoms with van der Waals surface area (Å²) in [5.74, 6) is 1.49. The second-order valence-electron chi connectivity index (χ2n) is 4.77. The fraction of sp³-hybridized carbons (Fsp3) is 0.385. The van der Waals surface area contributed by atoms with E-state index in [2.05, 4.69) is 16.6 Å². The van der Waals surface area contributed by atoms with Crippen LogP contribution in [0.3, 0.4) is 0 Å². The molecule has 88 valence electrons. The van der Waals surface area contributed by atoms with Crippen molar-refractivity contribution in [1.82, 2.24) is 9.55 Å². The van der Waals surface area contributed by atoms with E-state index in [0.29, 0.717) is 5.92 Å². The lowest BCUT2D eigenvalue weighted by Gasteiger charge is -2.00. The Labute approximate surface area is 99.4 Å². The van der Waals surface area contributed by atoms with Crippen LogP contribution in [0.5, 0.6) is 0 Å². The lowest BCUT2D eigenvalue weighted by Crippen LogP contribution is -2.13. The molecule has 0 aliphatic heterocycles. The predicted octanol–water partition coefficient (Wildman–Crippen LogP) is 1.48. The minimum absolute atomic E-state index is 0.283. The summed E-state index contributed by atoms with van der Waals surface area (Å²) in [4.78, 5) is 15.5. The van der Waals surface area contributed by atoms with Crippen LogP contribution in [-0.4, -0.2) is 15.5 Å². The number of carbonyl (C=O) groups is 1. The molecule has 1 aromatic carbocycles. The molecule has 0 bridgehead atoms. The number of fused-ring (bicyclic) bond motifs is 1. The van der Waals surface area contributed by atoms with Crippen LogP contribution in [0.25, 0.3) is 11.0 Å². The molecule has 0 radical (unpaired) electrons. The topological polar surface area (TPSA) is 60.9 Å². The molecule has 2 N–H and O–H groups in total. The van der Waals surface area contributed by atoms with Crippen LogP contribution in [0.4, 0.5) is 0 Å². The van der Waals surface area contributed by atoms with Gasteiger partial charge in [-0.05, 0) is 30.5 Å². The van der Waals surface area contributed by atoms with Crippen LogP contribution in [0.2, 0.25) is 0 Å². The van der Waals surface area contributed by atoms with Crippen molar-refractivity contribution in [3.05, 3.63) is 29.6 Å². The summed E-state index contributed by atoms with van der Waals surface area (Å²) in [6.45, 7) is 0. The molecule has 1 amide bonds. The Balaban J connectivity index is 2.07. The largest absolute Gasteiger partial charge is 0.369 e. The second kappa shape index (κ2) is 3.58. The Morgan fingerprint density at radius 3 is 2.94 bits per heavy atom. The summed E-state index contributed by atoms with van der Waals surface area (Å²) in [5, 5.41) is 0. The maximum atomic E-state index is 10.9. The number of hydrogen-bond donors (Lipinski definition) is 1. The molecule has 0 atom stereocenters. The molecule has 2 aromatic rings. The average Bonchev–Trinajstić information content (AvgIpc) is 3.04. The highest BCUT2D eigenvalue weighted by atomic mass is 16.1. The Hall–Kier alpha value is -1.84. The maximum absolute atomic E-state index is 10.9. The van der Waals surface area contributed by atoms with Gasteiger partial charge in [-0.3, -0.25) is 4.79 Å². The molecule has 3 rings (SSSR count).